The Morgan fingerprint density at radius 3 is 1.70 bits per heavy atom. The van der Waals surface area contributed by atoms with Crippen molar-refractivity contribution in [3.8, 4) is 0 Å². The number of hydrogen-bond donors (Lipinski definition) is 0. The van der Waals surface area contributed by atoms with Crippen molar-refractivity contribution < 1.29 is 9.47 Å². The molecular weight excluding hydrogens is 248 g/mol. The van der Waals surface area contributed by atoms with Gasteiger partial charge in [-0.1, -0.05) is 43.6 Å². The molecule has 0 radical (unpaired) electrons. The Balaban J connectivity index is 2.57. The fraction of sp³-hybridized carbons (Fsp3) is 0.778. The molecule has 20 heavy (non-hydrogen) atoms. The quantitative estimate of drug-likeness (QED) is 0.438. The van der Waals surface area contributed by atoms with Gasteiger partial charge < -0.3 is 9.47 Å². The lowest BCUT2D eigenvalue weighted by Crippen LogP contribution is -2.39. The Morgan fingerprint density at radius 1 is 0.850 bits per heavy atom. The average molecular weight is 280 g/mol. The van der Waals surface area contributed by atoms with Crippen LogP contribution in [-0.4, -0.2) is 19.0 Å². The van der Waals surface area contributed by atoms with Crippen LogP contribution < -0.4 is 0 Å². The maximum atomic E-state index is 6.20. The summed E-state index contributed by atoms with van der Waals surface area (Å²) in [5, 5.41) is 0. The van der Waals surface area contributed by atoms with Crippen LogP contribution in [0.25, 0.3) is 0 Å². The minimum Gasteiger partial charge on any atom is -0.346 e. The summed E-state index contributed by atoms with van der Waals surface area (Å²) in [6, 6.07) is 0. The Kier molecular flexibility index (Phi) is 8.16. The largest absolute Gasteiger partial charge is 0.346 e. The predicted octanol–water partition coefficient (Wildman–Crippen LogP) is 5.39. The molecule has 0 N–H and O–H groups in total. The van der Waals surface area contributed by atoms with E-state index in [9.17, 15) is 0 Å². The van der Waals surface area contributed by atoms with Gasteiger partial charge in [-0.15, -0.1) is 0 Å². The third-order valence-corrected chi connectivity index (χ3v) is 3.85. The molecule has 0 atom stereocenters. The lowest BCUT2D eigenvalue weighted by molar-refractivity contribution is -0.243. The Labute approximate surface area is 125 Å². The van der Waals surface area contributed by atoms with Gasteiger partial charge in [0.1, 0.15) is 0 Å². The lowest BCUT2D eigenvalue weighted by Gasteiger charge is -2.37. The van der Waals surface area contributed by atoms with E-state index >= 15 is 0 Å². The van der Waals surface area contributed by atoms with E-state index in [0.717, 1.165) is 25.7 Å². The Hall–Kier alpha value is -0.600. The molecule has 1 rings (SSSR count). The van der Waals surface area contributed by atoms with Gasteiger partial charge in [-0.25, -0.2) is 0 Å². The predicted molar refractivity (Wildman–Crippen MR) is 85.8 cm³/mol. The number of ether oxygens (including phenoxy) is 2. The normalized spacial score (nSPS) is 20.2. The summed E-state index contributed by atoms with van der Waals surface area (Å²) in [6.07, 6.45) is 12.4. The molecule has 0 bridgehead atoms. The Morgan fingerprint density at radius 2 is 1.30 bits per heavy atom. The molecule has 0 heterocycles. The van der Waals surface area contributed by atoms with Crippen molar-refractivity contribution in [3.05, 3.63) is 23.3 Å². The topological polar surface area (TPSA) is 18.5 Å². The van der Waals surface area contributed by atoms with Gasteiger partial charge >= 0.3 is 0 Å². The first-order chi connectivity index (χ1) is 9.62. The lowest BCUT2D eigenvalue weighted by atomic mass is 9.94. The monoisotopic (exact) mass is 280 g/mol. The fourth-order valence-electron chi connectivity index (χ4n) is 2.73. The summed E-state index contributed by atoms with van der Waals surface area (Å²) in [5.74, 6) is -0.343. The van der Waals surface area contributed by atoms with Crippen LogP contribution in [-0.2, 0) is 9.47 Å². The highest BCUT2D eigenvalue weighted by Gasteiger charge is 2.34. The van der Waals surface area contributed by atoms with E-state index in [4.69, 9.17) is 9.47 Å². The SMILES string of the molecule is CC/C=C(\C)COC1(OC/C(C)=C/CC)CCCCC1. The summed E-state index contributed by atoms with van der Waals surface area (Å²) < 4.78 is 12.4. The minimum atomic E-state index is -0.343. The van der Waals surface area contributed by atoms with E-state index in [1.807, 2.05) is 0 Å². The van der Waals surface area contributed by atoms with Crippen LogP contribution in [0.3, 0.4) is 0 Å². The van der Waals surface area contributed by atoms with Crippen molar-refractivity contribution in [2.24, 2.45) is 0 Å². The van der Waals surface area contributed by atoms with Crippen LogP contribution in [0.4, 0.5) is 0 Å². The molecular formula is C18H32O2. The molecule has 2 heteroatoms. The molecule has 0 saturated heterocycles. The van der Waals surface area contributed by atoms with Crippen LogP contribution in [0.2, 0.25) is 0 Å². The summed E-state index contributed by atoms with van der Waals surface area (Å²) in [7, 11) is 0. The summed E-state index contributed by atoms with van der Waals surface area (Å²) >= 11 is 0. The van der Waals surface area contributed by atoms with Crippen LogP contribution in [0.5, 0.6) is 0 Å². The second-order valence-corrected chi connectivity index (χ2v) is 5.97. The number of allylic oxidation sites excluding steroid dienone is 2. The average Bonchev–Trinajstić information content (AvgIpc) is 2.45. The Bertz CT molecular complexity index is 296. The van der Waals surface area contributed by atoms with Crippen molar-refractivity contribution in [1.82, 2.24) is 0 Å². The second-order valence-electron chi connectivity index (χ2n) is 5.97. The molecule has 2 nitrogen and oxygen atoms in total. The first-order valence-electron chi connectivity index (χ1n) is 8.21. The smallest absolute Gasteiger partial charge is 0.169 e. The van der Waals surface area contributed by atoms with Crippen molar-refractivity contribution in [1.29, 1.82) is 0 Å². The molecule has 0 aromatic rings. The molecule has 0 amide bonds. The highest BCUT2D eigenvalue weighted by atomic mass is 16.7. The first kappa shape index (κ1) is 17.5. The zero-order valence-corrected chi connectivity index (χ0v) is 13.8. The first-order valence-corrected chi connectivity index (χ1v) is 8.21. The zero-order valence-electron chi connectivity index (χ0n) is 13.8. The third kappa shape index (κ3) is 6.23. The second kappa shape index (κ2) is 9.36. The summed E-state index contributed by atoms with van der Waals surface area (Å²) in [5.41, 5.74) is 2.61. The van der Waals surface area contributed by atoms with Gasteiger partial charge in [-0.05, 0) is 39.5 Å². The molecule has 1 saturated carbocycles. The number of hydrogen-bond acceptors (Lipinski definition) is 2. The minimum absolute atomic E-state index is 0.343. The molecule has 0 aromatic carbocycles. The van der Waals surface area contributed by atoms with Crippen LogP contribution in [0, 0.1) is 0 Å². The van der Waals surface area contributed by atoms with E-state index in [0.29, 0.717) is 13.2 Å². The fourth-order valence-corrected chi connectivity index (χ4v) is 2.73. The van der Waals surface area contributed by atoms with Gasteiger partial charge in [0.2, 0.25) is 0 Å². The molecule has 1 fully saturated rings. The van der Waals surface area contributed by atoms with Gasteiger partial charge in [0.15, 0.2) is 5.79 Å². The molecule has 1 aliphatic rings. The molecule has 116 valence electrons. The third-order valence-electron chi connectivity index (χ3n) is 3.85. The zero-order chi connectivity index (χ0) is 14.8. The van der Waals surface area contributed by atoms with Crippen molar-refractivity contribution in [2.75, 3.05) is 13.2 Å². The van der Waals surface area contributed by atoms with E-state index in [1.54, 1.807) is 0 Å². The van der Waals surface area contributed by atoms with E-state index < -0.39 is 0 Å². The van der Waals surface area contributed by atoms with Gasteiger partial charge in [-0.2, -0.15) is 0 Å². The molecule has 0 aromatic heterocycles. The van der Waals surface area contributed by atoms with Crippen LogP contribution >= 0.6 is 0 Å². The summed E-state index contributed by atoms with van der Waals surface area (Å²) in [4.78, 5) is 0. The van der Waals surface area contributed by atoms with Crippen LogP contribution in [0.1, 0.15) is 72.6 Å². The van der Waals surface area contributed by atoms with E-state index in [1.165, 1.54) is 30.4 Å². The molecule has 0 unspecified atom stereocenters. The highest BCUT2D eigenvalue weighted by molar-refractivity contribution is 4.99. The van der Waals surface area contributed by atoms with E-state index in [-0.39, 0.29) is 5.79 Å². The molecule has 0 spiro atoms. The number of rotatable bonds is 8. The maximum absolute atomic E-state index is 6.20. The standard InChI is InChI=1S/C18H32O2/c1-5-10-16(3)14-19-18(12-8-7-9-13-18)20-15-17(4)11-6-2/h10-11H,5-9,12-15H2,1-4H3/b16-10+,17-11+. The summed E-state index contributed by atoms with van der Waals surface area (Å²) in [6.45, 7) is 10.0. The van der Waals surface area contributed by atoms with Gasteiger partial charge in [0.05, 0.1) is 13.2 Å². The van der Waals surface area contributed by atoms with Crippen molar-refractivity contribution >= 4 is 0 Å². The van der Waals surface area contributed by atoms with E-state index in [2.05, 4.69) is 39.8 Å². The molecule has 0 aliphatic heterocycles. The maximum Gasteiger partial charge on any atom is 0.169 e. The van der Waals surface area contributed by atoms with Crippen LogP contribution in [0.15, 0.2) is 23.3 Å². The molecule has 1 aliphatic carbocycles. The van der Waals surface area contributed by atoms with Gasteiger partial charge in [-0.3, -0.25) is 0 Å². The van der Waals surface area contributed by atoms with Crippen molar-refractivity contribution in [2.45, 2.75) is 78.4 Å². The van der Waals surface area contributed by atoms with Gasteiger partial charge in [0.25, 0.3) is 0 Å². The highest BCUT2D eigenvalue weighted by Crippen LogP contribution is 2.33. The van der Waals surface area contributed by atoms with Gasteiger partial charge in [0, 0.05) is 12.8 Å². The van der Waals surface area contributed by atoms with Crippen molar-refractivity contribution in [3.63, 3.8) is 0 Å².